The van der Waals surface area contributed by atoms with Crippen molar-refractivity contribution in [2.24, 2.45) is 11.5 Å². The van der Waals surface area contributed by atoms with Gasteiger partial charge < -0.3 is 21.6 Å². The van der Waals surface area contributed by atoms with Gasteiger partial charge in [-0.25, -0.2) is 4.98 Å². The van der Waals surface area contributed by atoms with Crippen LogP contribution >= 0.6 is 0 Å². The average molecular weight is 428 g/mol. The summed E-state index contributed by atoms with van der Waals surface area (Å²) in [5.41, 5.74) is 18.4. The summed E-state index contributed by atoms with van der Waals surface area (Å²) < 4.78 is 0. The van der Waals surface area contributed by atoms with Gasteiger partial charge in [-0.15, -0.1) is 0 Å². The van der Waals surface area contributed by atoms with Gasteiger partial charge in [-0.1, -0.05) is 30.3 Å². The van der Waals surface area contributed by atoms with Crippen molar-refractivity contribution in [2.45, 2.75) is 13.8 Å². The van der Waals surface area contributed by atoms with Crippen molar-refractivity contribution in [3.8, 4) is 22.5 Å². The maximum Gasteiger partial charge on any atom is 0.300 e. The minimum absolute atomic E-state index is 0.0259. The van der Waals surface area contributed by atoms with Gasteiger partial charge in [0.15, 0.2) is 0 Å². The quantitative estimate of drug-likeness (QED) is 0.214. The Morgan fingerprint density at radius 1 is 0.938 bits per heavy atom. The Labute approximate surface area is 184 Å². The normalized spacial score (nSPS) is 10.3. The number of hydrogen-bond acceptors (Lipinski definition) is 4. The number of aromatic amines is 1. The number of rotatable bonds is 4. The van der Waals surface area contributed by atoms with Crippen molar-refractivity contribution in [1.82, 2.24) is 9.97 Å². The molecule has 4 rings (SSSR count). The molecule has 0 aliphatic heterocycles. The van der Waals surface area contributed by atoms with Crippen LogP contribution in [0.2, 0.25) is 0 Å². The number of nitrogen functional groups attached to an aromatic ring is 2. The second-order valence-corrected chi connectivity index (χ2v) is 7.27. The van der Waals surface area contributed by atoms with Crippen LogP contribution in [0.4, 0.5) is 0 Å². The molecule has 0 saturated heterocycles. The fourth-order valence-electron chi connectivity index (χ4n) is 3.30. The van der Waals surface area contributed by atoms with Crippen LogP contribution in [0.1, 0.15) is 23.6 Å². The molecule has 0 unspecified atom stereocenters. The number of nitrogens with two attached hydrogens (primary N) is 2. The van der Waals surface area contributed by atoms with Crippen LogP contribution in [0, 0.1) is 17.7 Å². The molecule has 32 heavy (non-hydrogen) atoms. The number of carbonyl (C=O) groups is 1. The van der Waals surface area contributed by atoms with E-state index in [1.54, 1.807) is 0 Å². The molecule has 3 aromatic carbocycles. The fourth-order valence-corrected chi connectivity index (χ4v) is 3.30. The largest absolute Gasteiger partial charge is 0.481 e. The Morgan fingerprint density at radius 3 is 2.16 bits per heavy atom. The lowest BCUT2D eigenvalue weighted by molar-refractivity contribution is -0.134. The number of nitrogens with zero attached hydrogens (tertiary/aromatic N) is 1. The number of nitrogens with one attached hydrogen (secondary N) is 3. The Hall–Kier alpha value is -4.46. The summed E-state index contributed by atoms with van der Waals surface area (Å²) in [5.74, 6) is 0.0177. The van der Waals surface area contributed by atoms with E-state index in [1.165, 1.54) is 0 Å². The molecule has 0 aliphatic carbocycles. The predicted molar refractivity (Wildman–Crippen MR) is 127 cm³/mol. The topological polar surface area (TPSA) is 166 Å². The summed E-state index contributed by atoms with van der Waals surface area (Å²) in [6.07, 6.45) is 0. The minimum atomic E-state index is -0.833. The third-order valence-corrected chi connectivity index (χ3v) is 4.78. The van der Waals surface area contributed by atoms with E-state index in [1.807, 2.05) is 55.5 Å². The minimum Gasteiger partial charge on any atom is -0.481 e. The molecule has 1 aromatic heterocycles. The molecule has 1 heterocycles. The molecule has 8 N–H and O–H groups in total. The van der Waals surface area contributed by atoms with Crippen LogP contribution in [0.3, 0.4) is 0 Å². The monoisotopic (exact) mass is 428 g/mol. The summed E-state index contributed by atoms with van der Waals surface area (Å²) in [4.78, 5) is 17.0. The highest BCUT2D eigenvalue weighted by atomic mass is 16.4. The van der Waals surface area contributed by atoms with E-state index in [4.69, 9.17) is 32.2 Å². The van der Waals surface area contributed by atoms with Gasteiger partial charge >= 0.3 is 0 Å². The summed E-state index contributed by atoms with van der Waals surface area (Å²) in [7, 11) is 0. The number of amidine groups is 2. The summed E-state index contributed by atoms with van der Waals surface area (Å²) in [5, 5.41) is 22.6. The van der Waals surface area contributed by atoms with Gasteiger partial charge in [0.25, 0.3) is 5.97 Å². The second-order valence-electron chi connectivity index (χ2n) is 7.27. The SMILES string of the molecule is CC(=O)O.Cc1cc(C(=N)N)ccc1-c1cccc(-c2nc3cc(C(=N)N)ccc3[nH]2)c1. The first-order valence-corrected chi connectivity index (χ1v) is 9.75. The number of fused-ring (bicyclic) bond motifs is 1. The molecule has 8 heteroatoms. The summed E-state index contributed by atoms with van der Waals surface area (Å²) in [6, 6.07) is 19.4. The molecule has 0 saturated carbocycles. The zero-order chi connectivity index (χ0) is 23.4. The first kappa shape index (κ1) is 22.2. The van der Waals surface area contributed by atoms with Crippen molar-refractivity contribution in [2.75, 3.05) is 0 Å². The van der Waals surface area contributed by atoms with Crippen LogP contribution in [0.25, 0.3) is 33.5 Å². The van der Waals surface area contributed by atoms with E-state index in [0.29, 0.717) is 5.56 Å². The summed E-state index contributed by atoms with van der Waals surface area (Å²) >= 11 is 0. The van der Waals surface area contributed by atoms with Crippen molar-refractivity contribution in [3.63, 3.8) is 0 Å². The number of carboxylic acid groups (broad SMARTS) is 1. The summed E-state index contributed by atoms with van der Waals surface area (Å²) in [6.45, 7) is 3.10. The first-order valence-electron chi connectivity index (χ1n) is 9.75. The molecule has 4 aromatic rings. The maximum atomic E-state index is 9.00. The Kier molecular flexibility index (Phi) is 6.34. The van der Waals surface area contributed by atoms with Gasteiger partial charge in [0.05, 0.1) is 11.0 Å². The van der Waals surface area contributed by atoms with Gasteiger partial charge in [0, 0.05) is 23.6 Å². The van der Waals surface area contributed by atoms with Crippen LogP contribution in [0.5, 0.6) is 0 Å². The number of hydrogen-bond donors (Lipinski definition) is 6. The Balaban J connectivity index is 0.000000668. The van der Waals surface area contributed by atoms with Crippen LogP contribution < -0.4 is 11.5 Å². The number of aryl methyl sites for hydroxylation is 1. The molecular formula is C24H24N6O2. The standard InChI is InChI=1S/C22H20N6.C2H4O2/c1-12-9-14(20(23)24)5-7-17(12)13-3-2-4-16(10-13)22-27-18-8-6-15(21(25)26)11-19(18)28-22;1-2(3)4/h2-11H,1H3,(H3,23,24)(H3,25,26)(H,27,28);1H3,(H,3,4). The number of aliphatic carboxylic acids is 1. The van der Waals surface area contributed by atoms with Crippen LogP contribution in [-0.4, -0.2) is 32.7 Å². The van der Waals surface area contributed by atoms with Gasteiger partial charge in [0.2, 0.25) is 0 Å². The number of imidazole rings is 1. The van der Waals surface area contributed by atoms with Gasteiger partial charge in [0.1, 0.15) is 17.5 Å². The van der Waals surface area contributed by atoms with E-state index < -0.39 is 5.97 Å². The molecule has 0 aliphatic rings. The molecule has 0 amide bonds. The van der Waals surface area contributed by atoms with Crippen molar-refractivity contribution >= 4 is 28.7 Å². The van der Waals surface area contributed by atoms with Gasteiger partial charge in [-0.2, -0.15) is 0 Å². The van der Waals surface area contributed by atoms with Gasteiger partial charge in [-0.05, 0) is 53.9 Å². The van der Waals surface area contributed by atoms with E-state index in [9.17, 15) is 0 Å². The van der Waals surface area contributed by atoms with E-state index in [2.05, 4.69) is 22.1 Å². The lowest BCUT2D eigenvalue weighted by atomic mass is 9.97. The average Bonchev–Trinajstić information content (AvgIpc) is 3.16. The molecule has 8 nitrogen and oxygen atoms in total. The first-order chi connectivity index (χ1) is 15.2. The molecule has 0 bridgehead atoms. The number of benzene rings is 3. The third kappa shape index (κ3) is 4.99. The second kappa shape index (κ2) is 9.13. The highest BCUT2D eigenvalue weighted by Gasteiger charge is 2.10. The molecule has 0 fully saturated rings. The van der Waals surface area contributed by atoms with Gasteiger partial charge in [-0.3, -0.25) is 15.6 Å². The molecule has 0 spiro atoms. The van der Waals surface area contributed by atoms with E-state index in [0.717, 1.165) is 51.6 Å². The Bertz CT molecular complexity index is 1340. The molecule has 0 atom stereocenters. The number of H-pyrrole nitrogens is 1. The molecule has 0 radical (unpaired) electrons. The highest BCUT2D eigenvalue weighted by molar-refractivity contribution is 5.98. The van der Waals surface area contributed by atoms with Crippen molar-refractivity contribution in [3.05, 3.63) is 77.4 Å². The third-order valence-electron chi connectivity index (χ3n) is 4.78. The van der Waals surface area contributed by atoms with E-state index >= 15 is 0 Å². The highest BCUT2D eigenvalue weighted by Crippen LogP contribution is 2.29. The van der Waals surface area contributed by atoms with Crippen molar-refractivity contribution in [1.29, 1.82) is 10.8 Å². The molecular weight excluding hydrogens is 404 g/mol. The zero-order valence-electron chi connectivity index (χ0n) is 17.7. The van der Waals surface area contributed by atoms with Crippen LogP contribution in [-0.2, 0) is 4.79 Å². The fraction of sp³-hybridized carbons (Fsp3) is 0.0833. The number of aromatic nitrogens is 2. The molecule has 162 valence electrons. The maximum absolute atomic E-state index is 9.00. The Morgan fingerprint density at radius 2 is 1.53 bits per heavy atom. The number of carboxylic acids is 1. The lowest BCUT2D eigenvalue weighted by Crippen LogP contribution is -2.11. The van der Waals surface area contributed by atoms with Crippen molar-refractivity contribution < 1.29 is 9.90 Å². The zero-order valence-corrected chi connectivity index (χ0v) is 17.7. The van der Waals surface area contributed by atoms with E-state index in [-0.39, 0.29) is 11.7 Å². The smallest absolute Gasteiger partial charge is 0.300 e. The predicted octanol–water partition coefficient (Wildman–Crippen LogP) is 3.86. The van der Waals surface area contributed by atoms with Crippen LogP contribution in [0.15, 0.2) is 60.7 Å². The lowest BCUT2D eigenvalue weighted by Gasteiger charge is -2.09.